The Bertz CT molecular complexity index is 569. The van der Waals surface area contributed by atoms with Crippen LogP contribution in [0.1, 0.15) is 101 Å². The van der Waals surface area contributed by atoms with Crippen molar-refractivity contribution in [3.05, 3.63) is 66.3 Å². The molecule has 0 spiro atoms. The lowest BCUT2D eigenvalue weighted by Gasteiger charge is -2.22. The van der Waals surface area contributed by atoms with Gasteiger partial charge in [0, 0.05) is 11.4 Å². The Kier molecular flexibility index (Phi) is 29.2. The summed E-state index contributed by atoms with van der Waals surface area (Å²) >= 11 is 0. The number of halogens is 1. The second kappa shape index (κ2) is 27.0. The molecule has 1 aromatic rings. The van der Waals surface area contributed by atoms with Gasteiger partial charge in [-0.25, -0.2) is 4.39 Å². The highest BCUT2D eigenvalue weighted by Crippen LogP contribution is 2.28. The summed E-state index contributed by atoms with van der Waals surface area (Å²) in [6.45, 7) is 22.7. The summed E-state index contributed by atoms with van der Waals surface area (Å²) in [5.74, 6) is 1.55. The molecule has 2 rings (SSSR count). The minimum absolute atomic E-state index is 0.201. The number of rotatable bonds is 7. The number of hydrogen-bond donors (Lipinski definition) is 1. The van der Waals surface area contributed by atoms with Crippen molar-refractivity contribution in [3.63, 3.8) is 0 Å². The van der Waals surface area contributed by atoms with Gasteiger partial charge < -0.3 is 10.1 Å². The van der Waals surface area contributed by atoms with Crippen LogP contribution in [0.5, 0.6) is 0 Å². The predicted octanol–water partition coefficient (Wildman–Crippen LogP) is 10.3. The Balaban J connectivity index is -0.000000478. The van der Waals surface area contributed by atoms with E-state index in [4.69, 9.17) is 4.74 Å². The number of hydrogen-bond acceptors (Lipinski definition) is 2. The highest BCUT2D eigenvalue weighted by atomic mass is 19.1. The van der Waals surface area contributed by atoms with E-state index in [-0.39, 0.29) is 5.82 Å². The van der Waals surface area contributed by atoms with Crippen LogP contribution in [0.2, 0.25) is 0 Å². The standard InChI is InChI=1S/C15H20FN.C8H14O.3C2H6/c1-12(11-13-5-3-2-4-6-13)17-15-9-7-14(16)8-10-15;1-4-6-7-8(3)9-5-2;3*1-2/h7-10,13,17H,1-6,11H2;4,6-7H,5H2,1-3H3;3*1-2H3/b;6-4-,8-7+;;;. The van der Waals surface area contributed by atoms with Gasteiger partial charge in [0.25, 0.3) is 0 Å². The van der Waals surface area contributed by atoms with Crippen molar-refractivity contribution in [1.82, 2.24) is 0 Å². The molecule has 0 aromatic heterocycles. The van der Waals surface area contributed by atoms with Crippen LogP contribution in [0.4, 0.5) is 10.1 Å². The summed E-state index contributed by atoms with van der Waals surface area (Å²) in [4.78, 5) is 0. The summed E-state index contributed by atoms with van der Waals surface area (Å²) < 4.78 is 17.9. The maximum atomic E-state index is 12.7. The third-order valence-corrected chi connectivity index (χ3v) is 4.32. The maximum Gasteiger partial charge on any atom is 0.123 e. The quantitative estimate of drug-likeness (QED) is 0.330. The van der Waals surface area contributed by atoms with Crippen molar-refractivity contribution in [3.8, 4) is 0 Å². The molecule has 1 saturated carbocycles. The maximum absolute atomic E-state index is 12.7. The lowest BCUT2D eigenvalue weighted by molar-refractivity contribution is 0.231. The van der Waals surface area contributed by atoms with Crippen molar-refractivity contribution < 1.29 is 9.13 Å². The zero-order chi connectivity index (χ0) is 25.2. The first kappa shape index (κ1) is 34.6. The summed E-state index contributed by atoms with van der Waals surface area (Å²) in [5, 5.41) is 3.26. The van der Waals surface area contributed by atoms with Gasteiger partial charge in [-0.1, -0.05) is 92.4 Å². The first-order valence-electron chi connectivity index (χ1n) is 12.7. The molecule has 0 unspecified atom stereocenters. The Labute approximate surface area is 200 Å². The monoisotopic (exact) mass is 449 g/mol. The Hall–Kier alpha value is -2.03. The van der Waals surface area contributed by atoms with E-state index in [0.717, 1.165) is 36.1 Å². The van der Waals surface area contributed by atoms with E-state index in [1.165, 1.54) is 44.2 Å². The molecule has 3 heteroatoms. The van der Waals surface area contributed by atoms with Gasteiger partial charge in [-0.3, -0.25) is 0 Å². The van der Waals surface area contributed by atoms with Crippen LogP contribution in [-0.4, -0.2) is 6.61 Å². The topological polar surface area (TPSA) is 21.3 Å². The van der Waals surface area contributed by atoms with Crippen LogP contribution in [0, 0.1) is 11.7 Å². The fourth-order valence-corrected chi connectivity index (χ4v) is 3.04. The normalized spacial score (nSPS) is 13.0. The average Bonchev–Trinajstić information content (AvgIpc) is 2.84. The summed E-state index contributed by atoms with van der Waals surface area (Å²) in [6.07, 6.45) is 13.7. The van der Waals surface area contributed by atoms with Gasteiger partial charge in [-0.05, 0) is 63.5 Å². The third-order valence-electron chi connectivity index (χ3n) is 4.32. The summed E-state index contributed by atoms with van der Waals surface area (Å²) in [7, 11) is 0. The number of nitrogens with one attached hydrogen (secondary N) is 1. The van der Waals surface area contributed by atoms with Crippen LogP contribution in [0.3, 0.4) is 0 Å². The highest BCUT2D eigenvalue weighted by Gasteiger charge is 2.14. The minimum Gasteiger partial charge on any atom is -0.499 e. The minimum atomic E-state index is -0.201. The Morgan fingerprint density at radius 1 is 1.03 bits per heavy atom. The Morgan fingerprint density at radius 3 is 2.03 bits per heavy atom. The van der Waals surface area contributed by atoms with Crippen molar-refractivity contribution in [2.75, 3.05) is 11.9 Å². The van der Waals surface area contributed by atoms with Crippen LogP contribution in [0.15, 0.2) is 60.5 Å². The van der Waals surface area contributed by atoms with E-state index in [9.17, 15) is 4.39 Å². The molecule has 0 aliphatic heterocycles. The SMILES string of the molecule is C/C=C\C=C(/C)OCC.C=C(CC1CCCCC1)Nc1ccc(F)cc1.CC.CC.CC. The molecule has 0 heterocycles. The second-order valence-corrected chi connectivity index (χ2v) is 6.68. The van der Waals surface area contributed by atoms with Crippen molar-refractivity contribution in [2.45, 2.75) is 101 Å². The molecule has 0 bridgehead atoms. The molecule has 1 aliphatic carbocycles. The predicted molar refractivity (Wildman–Crippen MR) is 145 cm³/mol. The van der Waals surface area contributed by atoms with E-state index < -0.39 is 0 Å². The third kappa shape index (κ3) is 21.2. The molecule has 0 radical (unpaired) electrons. The largest absolute Gasteiger partial charge is 0.499 e. The van der Waals surface area contributed by atoms with E-state index in [1.807, 2.05) is 80.5 Å². The molecule has 0 amide bonds. The number of anilines is 1. The molecule has 186 valence electrons. The van der Waals surface area contributed by atoms with Crippen molar-refractivity contribution >= 4 is 5.69 Å². The molecule has 1 aromatic carbocycles. The smallest absolute Gasteiger partial charge is 0.123 e. The molecule has 1 aliphatic rings. The molecule has 1 fully saturated rings. The van der Waals surface area contributed by atoms with Gasteiger partial charge in [0.05, 0.1) is 12.4 Å². The van der Waals surface area contributed by atoms with E-state index in [1.54, 1.807) is 12.1 Å². The average molecular weight is 450 g/mol. The number of allylic oxidation sites excluding steroid dienone is 5. The zero-order valence-corrected chi connectivity index (χ0v) is 22.6. The van der Waals surface area contributed by atoms with Crippen LogP contribution in [-0.2, 0) is 4.74 Å². The fourth-order valence-electron chi connectivity index (χ4n) is 3.04. The molecule has 2 nitrogen and oxygen atoms in total. The number of benzene rings is 1. The fraction of sp³-hybridized carbons (Fsp3) is 0.586. The van der Waals surface area contributed by atoms with E-state index in [2.05, 4.69) is 11.9 Å². The first-order chi connectivity index (χ1) is 15.5. The van der Waals surface area contributed by atoms with Gasteiger partial charge in [0.2, 0.25) is 0 Å². The van der Waals surface area contributed by atoms with E-state index in [0.29, 0.717) is 0 Å². The van der Waals surface area contributed by atoms with Gasteiger partial charge >= 0.3 is 0 Å². The zero-order valence-electron chi connectivity index (χ0n) is 22.6. The van der Waals surface area contributed by atoms with Gasteiger partial charge in [0.1, 0.15) is 5.82 Å². The van der Waals surface area contributed by atoms with Crippen LogP contribution >= 0.6 is 0 Å². The second-order valence-electron chi connectivity index (χ2n) is 6.68. The summed E-state index contributed by atoms with van der Waals surface area (Å²) in [6, 6.07) is 6.44. The van der Waals surface area contributed by atoms with Crippen molar-refractivity contribution in [1.29, 1.82) is 0 Å². The first-order valence-corrected chi connectivity index (χ1v) is 12.7. The van der Waals surface area contributed by atoms with Gasteiger partial charge in [0.15, 0.2) is 0 Å². The van der Waals surface area contributed by atoms with Crippen LogP contribution in [0.25, 0.3) is 0 Å². The lowest BCUT2D eigenvalue weighted by atomic mass is 9.86. The Morgan fingerprint density at radius 2 is 1.56 bits per heavy atom. The van der Waals surface area contributed by atoms with Crippen molar-refractivity contribution in [2.24, 2.45) is 5.92 Å². The lowest BCUT2D eigenvalue weighted by Crippen LogP contribution is -2.10. The molecule has 0 saturated heterocycles. The molecule has 0 atom stereocenters. The van der Waals surface area contributed by atoms with Gasteiger partial charge in [-0.2, -0.15) is 0 Å². The van der Waals surface area contributed by atoms with Gasteiger partial charge in [-0.15, -0.1) is 0 Å². The molecule has 32 heavy (non-hydrogen) atoms. The summed E-state index contributed by atoms with van der Waals surface area (Å²) in [5.41, 5.74) is 1.97. The highest BCUT2D eigenvalue weighted by molar-refractivity contribution is 5.47. The molecular weight excluding hydrogens is 397 g/mol. The van der Waals surface area contributed by atoms with Crippen LogP contribution < -0.4 is 5.32 Å². The molecule has 1 N–H and O–H groups in total. The number of ether oxygens (including phenoxy) is 1. The molecular formula is C29H52FNO. The van der Waals surface area contributed by atoms with E-state index >= 15 is 0 Å².